The molecule has 1 fully saturated rings. The fraction of sp³-hybridized carbons (Fsp3) is 0.316. The van der Waals surface area contributed by atoms with Crippen molar-refractivity contribution in [3.8, 4) is 11.5 Å². The van der Waals surface area contributed by atoms with Gasteiger partial charge in [-0.25, -0.2) is 4.98 Å². The largest absolute Gasteiger partial charge is 0.486 e. The Hall–Kier alpha value is -2.61. The standard InChI is InChI=1S/C19H16BrN3O4/c1-9-17-11(6-13(10-2-3-10)22-19(17)27-23-9)18(24)21-14-8-16-15(7-12(14)20)25-4-5-26-16/h6-8,10H,2-5H2,1H3,(H,21,24). The van der Waals surface area contributed by atoms with E-state index < -0.39 is 0 Å². The van der Waals surface area contributed by atoms with Crippen molar-refractivity contribution in [1.29, 1.82) is 0 Å². The third-order valence-electron chi connectivity index (χ3n) is 4.76. The van der Waals surface area contributed by atoms with E-state index in [1.807, 2.05) is 6.07 Å². The minimum absolute atomic E-state index is 0.243. The normalized spacial score (nSPS) is 15.8. The fourth-order valence-electron chi connectivity index (χ4n) is 3.23. The molecule has 1 aromatic carbocycles. The number of hydrogen-bond donors (Lipinski definition) is 1. The van der Waals surface area contributed by atoms with E-state index in [0.29, 0.717) is 58.7 Å². The molecule has 1 amide bonds. The van der Waals surface area contributed by atoms with Gasteiger partial charge in [0.25, 0.3) is 11.6 Å². The van der Waals surface area contributed by atoms with Gasteiger partial charge in [0, 0.05) is 28.2 Å². The van der Waals surface area contributed by atoms with Gasteiger partial charge in [0.1, 0.15) is 13.2 Å². The Bertz CT molecular complexity index is 1070. The molecule has 1 aliphatic heterocycles. The number of nitrogens with one attached hydrogen (secondary N) is 1. The Balaban J connectivity index is 1.54. The van der Waals surface area contributed by atoms with Crippen LogP contribution in [0.1, 0.15) is 40.5 Å². The summed E-state index contributed by atoms with van der Waals surface area (Å²) in [6.45, 7) is 2.80. The van der Waals surface area contributed by atoms with Crippen LogP contribution in [0.3, 0.4) is 0 Å². The van der Waals surface area contributed by atoms with Crippen LogP contribution in [0, 0.1) is 6.92 Å². The number of anilines is 1. The van der Waals surface area contributed by atoms with Crippen LogP contribution in [-0.4, -0.2) is 29.3 Å². The Morgan fingerprint density at radius 3 is 2.67 bits per heavy atom. The molecule has 3 heterocycles. The summed E-state index contributed by atoms with van der Waals surface area (Å²) >= 11 is 3.49. The quantitative estimate of drug-likeness (QED) is 0.671. The number of rotatable bonds is 3. The predicted octanol–water partition coefficient (Wildman–Crippen LogP) is 4.19. The number of ether oxygens (including phenoxy) is 2. The van der Waals surface area contributed by atoms with Gasteiger partial charge >= 0.3 is 0 Å². The number of benzene rings is 1. The Morgan fingerprint density at radius 1 is 1.19 bits per heavy atom. The lowest BCUT2D eigenvalue weighted by molar-refractivity contribution is 0.102. The van der Waals surface area contributed by atoms with Crippen LogP contribution in [0.5, 0.6) is 11.5 Å². The van der Waals surface area contributed by atoms with Crippen LogP contribution in [0.15, 0.2) is 27.2 Å². The molecule has 1 saturated carbocycles. The summed E-state index contributed by atoms with van der Waals surface area (Å²) in [6, 6.07) is 5.41. The van der Waals surface area contributed by atoms with Crippen molar-refractivity contribution in [3.63, 3.8) is 0 Å². The first-order valence-corrected chi connectivity index (χ1v) is 9.57. The molecule has 0 atom stereocenters. The van der Waals surface area contributed by atoms with Crippen LogP contribution >= 0.6 is 15.9 Å². The lowest BCUT2D eigenvalue weighted by Crippen LogP contribution is -2.17. The van der Waals surface area contributed by atoms with Gasteiger partial charge in [0.2, 0.25) is 0 Å². The third-order valence-corrected chi connectivity index (χ3v) is 5.41. The Morgan fingerprint density at radius 2 is 1.93 bits per heavy atom. The molecule has 0 radical (unpaired) electrons. The molecular formula is C19H16BrN3O4. The van der Waals surface area contributed by atoms with Crippen molar-refractivity contribution in [1.82, 2.24) is 10.1 Å². The number of carbonyl (C=O) groups excluding carboxylic acids is 1. The van der Waals surface area contributed by atoms with E-state index in [2.05, 4.69) is 31.4 Å². The van der Waals surface area contributed by atoms with Crippen LogP contribution in [0.4, 0.5) is 5.69 Å². The molecule has 0 bridgehead atoms. The first-order valence-electron chi connectivity index (χ1n) is 8.77. The zero-order valence-electron chi connectivity index (χ0n) is 14.5. The Kier molecular flexibility index (Phi) is 3.82. The number of halogens is 1. The molecular weight excluding hydrogens is 414 g/mol. The molecule has 138 valence electrons. The molecule has 0 spiro atoms. The van der Waals surface area contributed by atoms with Gasteiger partial charge < -0.3 is 19.3 Å². The van der Waals surface area contributed by atoms with Crippen molar-refractivity contribution in [2.24, 2.45) is 0 Å². The number of carbonyl (C=O) groups is 1. The van der Waals surface area contributed by atoms with E-state index in [-0.39, 0.29) is 5.91 Å². The molecule has 8 heteroatoms. The average Bonchev–Trinajstić information content (AvgIpc) is 3.45. The molecule has 0 unspecified atom stereocenters. The van der Waals surface area contributed by atoms with Crippen molar-refractivity contribution < 1.29 is 18.8 Å². The second-order valence-electron chi connectivity index (χ2n) is 6.75. The Labute approximate surface area is 163 Å². The smallest absolute Gasteiger partial charge is 0.259 e. The van der Waals surface area contributed by atoms with Crippen LogP contribution in [-0.2, 0) is 0 Å². The first kappa shape index (κ1) is 16.6. The highest BCUT2D eigenvalue weighted by atomic mass is 79.9. The number of fused-ring (bicyclic) bond motifs is 2. The number of aryl methyl sites for hydroxylation is 1. The lowest BCUT2D eigenvalue weighted by Gasteiger charge is -2.20. The van der Waals surface area contributed by atoms with Crippen molar-refractivity contribution in [3.05, 3.63) is 39.6 Å². The molecule has 1 aliphatic carbocycles. The van der Waals surface area contributed by atoms with Crippen molar-refractivity contribution >= 4 is 38.6 Å². The topological polar surface area (TPSA) is 86.5 Å². The summed E-state index contributed by atoms with van der Waals surface area (Å²) in [6.07, 6.45) is 2.17. The third kappa shape index (κ3) is 2.93. The maximum Gasteiger partial charge on any atom is 0.259 e. The van der Waals surface area contributed by atoms with Crippen molar-refractivity contribution in [2.45, 2.75) is 25.7 Å². The maximum atomic E-state index is 13.1. The van der Waals surface area contributed by atoms with Gasteiger partial charge in [-0.2, -0.15) is 0 Å². The van der Waals surface area contributed by atoms with E-state index in [9.17, 15) is 4.79 Å². The zero-order valence-corrected chi connectivity index (χ0v) is 16.1. The first-order chi connectivity index (χ1) is 13.1. The summed E-state index contributed by atoms with van der Waals surface area (Å²) in [4.78, 5) is 17.6. The van der Waals surface area contributed by atoms with E-state index in [1.54, 1.807) is 19.1 Å². The molecule has 0 saturated heterocycles. The van der Waals surface area contributed by atoms with Crippen LogP contribution in [0.25, 0.3) is 11.1 Å². The van der Waals surface area contributed by atoms with Crippen molar-refractivity contribution in [2.75, 3.05) is 18.5 Å². The van der Waals surface area contributed by atoms with E-state index in [1.165, 1.54) is 0 Å². The molecule has 1 N–H and O–H groups in total. The minimum Gasteiger partial charge on any atom is -0.486 e. The summed E-state index contributed by atoms with van der Waals surface area (Å²) in [7, 11) is 0. The molecule has 2 aliphatic rings. The van der Waals surface area contributed by atoms with Gasteiger partial charge in [0.05, 0.1) is 22.3 Å². The minimum atomic E-state index is -0.243. The molecule has 5 rings (SSSR count). The number of pyridine rings is 1. The van der Waals surface area contributed by atoms with Gasteiger partial charge in [0.15, 0.2) is 11.5 Å². The predicted molar refractivity (Wildman–Crippen MR) is 102 cm³/mol. The number of nitrogens with zero attached hydrogens (tertiary/aromatic N) is 2. The van der Waals surface area contributed by atoms with E-state index in [0.717, 1.165) is 23.0 Å². The van der Waals surface area contributed by atoms with Gasteiger partial charge in [-0.05, 0) is 41.8 Å². The summed E-state index contributed by atoms with van der Waals surface area (Å²) in [5, 5.41) is 7.58. The van der Waals surface area contributed by atoms with Gasteiger partial charge in [-0.15, -0.1) is 0 Å². The SMILES string of the molecule is Cc1noc2nc(C3CC3)cc(C(=O)Nc3cc4c(cc3Br)OCCO4)c12. The zero-order chi connectivity index (χ0) is 18.5. The summed E-state index contributed by atoms with van der Waals surface area (Å²) in [5.41, 5.74) is 3.05. The van der Waals surface area contributed by atoms with Crippen LogP contribution < -0.4 is 14.8 Å². The number of hydrogen-bond acceptors (Lipinski definition) is 6. The number of aromatic nitrogens is 2. The highest BCUT2D eigenvalue weighted by Gasteiger charge is 2.29. The maximum absolute atomic E-state index is 13.1. The van der Waals surface area contributed by atoms with Gasteiger partial charge in [-0.3, -0.25) is 4.79 Å². The van der Waals surface area contributed by atoms with Crippen LogP contribution in [0.2, 0.25) is 0 Å². The number of amides is 1. The second-order valence-corrected chi connectivity index (χ2v) is 7.60. The van der Waals surface area contributed by atoms with E-state index in [4.69, 9.17) is 14.0 Å². The average molecular weight is 430 g/mol. The fourth-order valence-corrected chi connectivity index (χ4v) is 3.65. The lowest BCUT2D eigenvalue weighted by atomic mass is 10.1. The second kappa shape index (κ2) is 6.23. The highest BCUT2D eigenvalue weighted by Crippen LogP contribution is 2.41. The molecule has 3 aromatic rings. The monoisotopic (exact) mass is 429 g/mol. The van der Waals surface area contributed by atoms with Gasteiger partial charge in [-0.1, -0.05) is 5.16 Å². The highest BCUT2D eigenvalue weighted by molar-refractivity contribution is 9.10. The molecule has 27 heavy (non-hydrogen) atoms. The van der Waals surface area contributed by atoms with E-state index >= 15 is 0 Å². The molecule has 2 aromatic heterocycles. The summed E-state index contributed by atoms with van der Waals surface area (Å²) in [5.74, 6) is 1.42. The summed E-state index contributed by atoms with van der Waals surface area (Å²) < 4.78 is 17.2. The molecule has 7 nitrogen and oxygen atoms in total.